The Kier molecular flexibility index (Phi) is 6.02. The number of urea groups is 1. The van der Waals surface area contributed by atoms with E-state index in [0.717, 1.165) is 0 Å². The van der Waals surface area contributed by atoms with Gasteiger partial charge in [-0.3, -0.25) is 0 Å². The molecule has 0 fully saturated rings. The number of hydrogen-bond acceptors (Lipinski definition) is 4. The van der Waals surface area contributed by atoms with Crippen LogP contribution in [0.2, 0.25) is 0 Å². The fraction of sp³-hybridized carbons (Fsp3) is 0.308. The number of ether oxygens (including phenoxy) is 1. The van der Waals surface area contributed by atoms with Crippen LogP contribution in [0, 0.1) is 0 Å². The van der Waals surface area contributed by atoms with Crippen LogP contribution in [-0.4, -0.2) is 34.7 Å². The number of carbonyl (C=O) groups excluding carboxylic acids is 1. The minimum Gasteiger partial charge on any atom is -0.480 e. The summed E-state index contributed by atoms with van der Waals surface area (Å²) in [4.78, 5) is 26.5. The molecule has 0 radical (unpaired) electrons. The van der Waals surface area contributed by atoms with Gasteiger partial charge in [0.05, 0.1) is 18.5 Å². The number of anilines is 1. The van der Waals surface area contributed by atoms with Crippen LogP contribution >= 0.6 is 0 Å². The lowest BCUT2D eigenvalue weighted by atomic mass is 10.2. The molecule has 2 amide bonds. The molecule has 0 bridgehead atoms. The van der Waals surface area contributed by atoms with Crippen LogP contribution in [0.4, 0.5) is 10.5 Å². The molecule has 0 saturated carbocycles. The Morgan fingerprint density at radius 3 is 2.80 bits per heavy atom. The summed E-state index contributed by atoms with van der Waals surface area (Å²) in [7, 11) is 0. The van der Waals surface area contributed by atoms with Crippen molar-refractivity contribution in [1.29, 1.82) is 0 Å². The summed E-state index contributed by atoms with van der Waals surface area (Å²) >= 11 is 0. The van der Waals surface area contributed by atoms with Crippen molar-refractivity contribution >= 4 is 17.7 Å². The number of aromatic nitrogens is 1. The highest BCUT2D eigenvalue weighted by Crippen LogP contribution is 2.11. The molecular formula is C13H17N3O4. The number of rotatable bonds is 7. The Morgan fingerprint density at radius 2 is 2.30 bits per heavy atom. The molecule has 1 heterocycles. The highest BCUT2D eigenvalue weighted by Gasteiger charge is 2.18. The van der Waals surface area contributed by atoms with Gasteiger partial charge in [-0.05, 0) is 19.4 Å². The minimum absolute atomic E-state index is 0.143. The summed E-state index contributed by atoms with van der Waals surface area (Å²) in [5, 5.41) is 13.7. The number of aliphatic carboxylic acids is 1. The first kappa shape index (κ1) is 15.5. The van der Waals surface area contributed by atoms with Gasteiger partial charge in [0.25, 0.3) is 0 Å². The molecule has 0 aromatic carbocycles. The second-order valence-electron chi connectivity index (χ2n) is 3.83. The molecule has 7 heteroatoms. The van der Waals surface area contributed by atoms with Crippen molar-refractivity contribution in [3.63, 3.8) is 0 Å². The van der Waals surface area contributed by atoms with Crippen LogP contribution in [-0.2, 0) is 4.79 Å². The number of carboxylic acids is 1. The number of carboxylic acid groups (broad SMARTS) is 1. The monoisotopic (exact) mass is 279 g/mol. The van der Waals surface area contributed by atoms with Crippen LogP contribution in [0.5, 0.6) is 5.88 Å². The Hall–Kier alpha value is -2.57. The van der Waals surface area contributed by atoms with Crippen molar-refractivity contribution in [2.24, 2.45) is 0 Å². The van der Waals surface area contributed by atoms with Crippen LogP contribution in [0.3, 0.4) is 0 Å². The van der Waals surface area contributed by atoms with Crippen LogP contribution in [0.1, 0.15) is 13.3 Å². The van der Waals surface area contributed by atoms with Gasteiger partial charge in [0.1, 0.15) is 6.04 Å². The quantitative estimate of drug-likeness (QED) is 0.659. The minimum atomic E-state index is -1.12. The van der Waals surface area contributed by atoms with Crippen LogP contribution < -0.4 is 15.4 Å². The predicted octanol–water partition coefficient (Wildman–Crippen LogP) is 1.63. The van der Waals surface area contributed by atoms with Gasteiger partial charge in [0.15, 0.2) is 0 Å². The van der Waals surface area contributed by atoms with E-state index in [1.54, 1.807) is 12.1 Å². The second-order valence-corrected chi connectivity index (χ2v) is 3.83. The van der Waals surface area contributed by atoms with Crippen molar-refractivity contribution < 1.29 is 19.4 Å². The van der Waals surface area contributed by atoms with Gasteiger partial charge in [0, 0.05) is 6.07 Å². The first-order chi connectivity index (χ1) is 9.56. The molecule has 0 aliphatic heterocycles. The smallest absolute Gasteiger partial charge is 0.326 e. The lowest BCUT2D eigenvalue weighted by Crippen LogP contribution is -2.42. The molecule has 1 aromatic heterocycles. The summed E-state index contributed by atoms with van der Waals surface area (Å²) < 4.78 is 5.17. The zero-order valence-corrected chi connectivity index (χ0v) is 11.1. The van der Waals surface area contributed by atoms with Gasteiger partial charge in [0.2, 0.25) is 5.88 Å². The van der Waals surface area contributed by atoms with E-state index >= 15 is 0 Å². The molecule has 1 rings (SSSR count). The van der Waals surface area contributed by atoms with Crippen molar-refractivity contribution in [3.05, 3.63) is 31.0 Å². The average Bonchev–Trinajstić information content (AvgIpc) is 2.40. The van der Waals surface area contributed by atoms with Crippen molar-refractivity contribution in [3.8, 4) is 5.88 Å². The lowest BCUT2D eigenvalue weighted by Gasteiger charge is -2.13. The van der Waals surface area contributed by atoms with E-state index in [1.165, 1.54) is 12.3 Å². The first-order valence-corrected chi connectivity index (χ1v) is 6.07. The summed E-state index contributed by atoms with van der Waals surface area (Å²) in [6.07, 6.45) is 3.00. The number of carbonyl (C=O) groups is 2. The molecule has 7 nitrogen and oxygen atoms in total. The van der Waals surface area contributed by atoms with Crippen LogP contribution in [0.15, 0.2) is 31.0 Å². The molecule has 0 aliphatic rings. The van der Waals surface area contributed by atoms with Crippen molar-refractivity contribution in [2.75, 3.05) is 11.9 Å². The third-order valence-corrected chi connectivity index (χ3v) is 2.29. The number of nitrogens with zero attached hydrogens (tertiary/aromatic N) is 1. The zero-order valence-electron chi connectivity index (χ0n) is 11.1. The number of hydrogen-bond donors (Lipinski definition) is 3. The molecule has 3 N–H and O–H groups in total. The van der Waals surface area contributed by atoms with Crippen molar-refractivity contribution in [2.45, 2.75) is 19.4 Å². The van der Waals surface area contributed by atoms with Crippen LogP contribution in [0.25, 0.3) is 0 Å². The molecule has 0 spiro atoms. The summed E-state index contributed by atoms with van der Waals surface area (Å²) in [6, 6.07) is 1.59. The molecule has 108 valence electrons. The van der Waals surface area contributed by atoms with E-state index in [1.807, 2.05) is 6.92 Å². The molecule has 1 aromatic rings. The standard InChI is InChI=1S/C13H17N3O4/c1-3-5-10(12(17)18)16-13(19)15-9-6-7-11(14-8-9)20-4-2/h3,6-8,10H,1,4-5H2,2H3,(H,17,18)(H2,15,16,19). The molecule has 0 aliphatic carbocycles. The van der Waals surface area contributed by atoms with E-state index in [9.17, 15) is 9.59 Å². The maximum atomic E-state index is 11.6. The Labute approximate surface area is 116 Å². The van der Waals surface area contributed by atoms with Gasteiger partial charge < -0.3 is 20.5 Å². The third kappa shape index (κ3) is 4.97. The summed E-state index contributed by atoms with van der Waals surface area (Å²) in [6.45, 7) is 5.78. The van der Waals surface area contributed by atoms with Gasteiger partial charge in [-0.25, -0.2) is 14.6 Å². The van der Waals surface area contributed by atoms with Gasteiger partial charge in [-0.2, -0.15) is 0 Å². The number of amides is 2. The predicted molar refractivity (Wildman–Crippen MR) is 73.8 cm³/mol. The summed E-state index contributed by atoms with van der Waals surface area (Å²) in [5.74, 6) is -0.668. The van der Waals surface area contributed by atoms with Gasteiger partial charge in [-0.15, -0.1) is 6.58 Å². The first-order valence-electron chi connectivity index (χ1n) is 6.07. The topological polar surface area (TPSA) is 101 Å². The average molecular weight is 279 g/mol. The zero-order chi connectivity index (χ0) is 15.0. The SMILES string of the molecule is C=CCC(NC(=O)Nc1ccc(OCC)nc1)C(=O)O. The normalized spacial score (nSPS) is 11.2. The number of pyridine rings is 1. The fourth-order valence-electron chi connectivity index (χ4n) is 1.40. The van der Waals surface area contributed by atoms with E-state index in [-0.39, 0.29) is 6.42 Å². The molecule has 1 unspecified atom stereocenters. The largest absolute Gasteiger partial charge is 0.480 e. The third-order valence-electron chi connectivity index (χ3n) is 2.29. The van der Waals surface area contributed by atoms with Gasteiger partial charge in [-0.1, -0.05) is 6.08 Å². The van der Waals surface area contributed by atoms with Gasteiger partial charge >= 0.3 is 12.0 Å². The van der Waals surface area contributed by atoms with E-state index in [2.05, 4.69) is 22.2 Å². The Bertz CT molecular complexity index is 473. The van der Waals surface area contributed by atoms with E-state index in [0.29, 0.717) is 18.2 Å². The highest BCUT2D eigenvalue weighted by molar-refractivity contribution is 5.92. The maximum Gasteiger partial charge on any atom is 0.326 e. The fourth-order valence-corrected chi connectivity index (χ4v) is 1.40. The summed E-state index contributed by atoms with van der Waals surface area (Å²) in [5.41, 5.74) is 0.439. The van der Waals surface area contributed by atoms with Crippen molar-refractivity contribution in [1.82, 2.24) is 10.3 Å². The maximum absolute atomic E-state index is 11.6. The molecule has 0 saturated heterocycles. The van der Waals surface area contributed by atoms with E-state index in [4.69, 9.17) is 9.84 Å². The second kappa shape index (κ2) is 7.78. The Balaban J connectivity index is 2.56. The molecular weight excluding hydrogens is 262 g/mol. The highest BCUT2D eigenvalue weighted by atomic mass is 16.5. The molecule has 20 heavy (non-hydrogen) atoms. The van der Waals surface area contributed by atoms with E-state index < -0.39 is 18.0 Å². The lowest BCUT2D eigenvalue weighted by molar-refractivity contribution is -0.139. The molecule has 1 atom stereocenters. The Morgan fingerprint density at radius 1 is 1.55 bits per heavy atom. The number of nitrogens with one attached hydrogen (secondary N) is 2.